The molecular weight excluding hydrogens is 230 g/mol. The second-order valence-corrected chi connectivity index (χ2v) is 4.36. The van der Waals surface area contributed by atoms with E-state index in [2.05, 4.69) is 0 Å². The molecule has 0 radical (unpaired) electrons. The molecule has 1 fully saturated rings. The van der Waals surface area contributed by atoms with Gasteiger partial charge in [0.2, 0.25) is 11.8 Å². The number of amides is 2. The number of imide groups is 1. The number of anilines is 1. The van der Waals surface area contributed by atoms with Crippen molar-refractivity contribution in [3.05, 3.63) is 24.3 Å². The van der Waals surface area contributed by atoms with E-state index in [-0.39, 0.29) is 35.2 Å². The van der Waals surface area contributed by atoms with Crippen molar-refractivity contribution in [2.45, 2.75) is 17.7 Å². The molecule has 0 N–H and O–H groups in total. The number of nitrogens with zero attached hydrogens (tertiary/aromatic N) is 1. The second-order valence-electron chi connectivity index (χ2n) is 3.37. The average Bonchev–Trinajstić information content (AvgIpc) is 2.58. The Morgan fingerprint density at radius 2 is 1.56 bits per heavy atom. The fourth-order valence-corrected chi connectivity index (χ4v) is 2.22. The van der Waals surface area contributed by atoms with Crippen molar-refractivity contribution in [1.29, 1.82) is 0 Å². The molecule has 5 nitrogen and oxygen atoms in total. The predicted molar refractivity (Wildman–Crippen MR) is 56.7 cm³/mol. The fraction of sp³-hybridized carbons (Fsp3) is 0.200. The molecule has 1 heterocycles. The van der Waals surface area contributed by atoms with Crippen LogP contribution in [-0.4, -0.2) is 20.2 Å². The Labute approximate surface area is 93.6 Å². The van der Waals surface area contributed by atoms with Crippen LogP contribution in [0.1, 0.15) is 12.8 Å². The van der Waals surface area contributed by atoms with E-state index in [0.717, 1.165) is 4.90 Å². The third-order valence-electron chi connectivity index (χ3n) is 2.37. The van der Waals surface area contributed by atoms with Gasteiger partial charge in [0.1, 0.15) is 0 Å². The summed E-state index contributed by atoms with van der Waals surface area (Å²) < 4.78 is 22.0. The Kier molecular flexibility index (Phi) is 2.74. The van der Waals surface area contributed by atoms with Gasteiger partial charge in [-0.05, 0) is 12.1 Å². The molecule has 0 unspecified atom stereocenters. The van der Waals surface area contributed by atoms with Gasteiger partial charge in [-0.1, -0.05) is 12.1 Å². The first-order valence-electron chi connectivity index (χ1n) is 4.70. The van der Waals surface area contributed by atoms with Crippen molar-refractivity contribution in [1.82, 2.24) is 0 Å². The van der Waals surface area contributed by atoms with Crippen molar-refractivity contribution in [2.75, 3.05) is 4.90 Å². The maximum absolute atomic E-state index is 11.5. The van der Waals surface area contributed by atoms with Crippen LogP contribution >= 0.6 is 0 Å². The second kappa shape index (κ2) is 4.05. The average molecular weight is 239 g/mol. The van der Waals surface area contributed by atoms with E-state index < -0.39 is 10.7 Å². The van der Waals surface area contributed by atoms with Gasteiger partial charge in [0, 0.05) is 12.8 Å². The molecule has 0 saturated carbocycles. The predicted octanol–water partition coefficient (Wildman–Crippen LogP) is 0.310. The van der Waals surface area contributed by atoms with Crippen molar-refractivity contribution in [2.24, 2.45) is 0 Å². The lowest BCUT2D eigenvalue weighted by Gasteiger charge is -2.15. The molecule has 1 saturated heterocycles. The number of carbonyl (C=O) groups excluding carboxylic acids is 2. The topological polar surface area (TPSA) is 71.5 Å². The molecule has 16 heavy (non-hydrogen) atoms. The number of carbonyl (C=O) groups is 2. The Morgan fingerprint density at radius 1 is 1.00 bits per heavy atom. The van der Waals surface area contributed by atoms with Crippen LogP contribution in [0.2, 0.25) is 0 Å². The molecule has 0 spiro atoms. The minimum atomic E-state index is -2.82. The van der Waals surface area contributed by atoms with Gasteiger partial charge in [-0.25, -0.2) is 13.3 Å². The molecule has 1 aliphatic rings. The number of para-hydroxylation sites is 1. The van der Waals surface area contributed by atoms with E-state index >= 15 is 0 Å². The highest BCUT2D eigenvalue weighted by atomic mass is 32.2. The third kappa shape index (κ3) is 1.71. The van der Waals surface area contributed by atoms with E-state index in [1.54, 1.807) is 12.1 Å². The Hall–Kier alpha value is -1.69. The number of hydrogen-bond acceptors (Lipinski definition) is 4. The summed E-state index contributed by atoms with van der Waals surface area (Å²) in [5.41, 5.74) is 0.158. The SMILES string of the molecule is O=C1CCC(=O)N1c1ccccc1[SH](=O)=O. The Morgan fingerprint density at radius 3 is 2.12 bits per heavy atom. The van der Waals surface area contributed by atoms with Gasteiger partial charge in [0.05, 0.1) is 10.6 Å². The van der Waals surface area contributed by atoms with Gasteiger partial charge >= 0.3 is 0 Å². The monoisotopic (exact) mass is 239 g/mol. The number of thiol groups is 1. The zero-order chi connectivity index (χ0) is 11.7. The molecule has 0 bridgehead atoms. The highest BCUT2D eigenvalue weighted by molar-refractivity contribution is 7.72. The quantitative estimate of drug-likeness (QED) is 0.595. The third-order valence-corrected chi connectivity index (χ3v) is 3.14. The smallest absolute Gasteiger partial charge is 0.234 e. The first kappa shape index (κ1) is 10.8. The number of rotatable bonds is 2. The summed E-state index contributed by atoms with van der Waals surface area (Å²) >= 11 is 0. The van der Waals surface area contributed by atoms with E-state index in [4.69, 9.17) is 0 Å². The lowest BCUT2D eigenvalue weighted by molar-refractivity contribution is -0.121. The van der Waals surface area contributed by atoms with E-state index in [1.807, 2.05) is 0 Å². The summed E-state index contributed by atoms with van der Waals surface area (Å²) in [6.07, 6.45) is 0.283. The van der Waals surface area contributed by atoms with Gasteiger partial charge in [-0.3, -0.25) is 9.59 Å². The van der Waals surface area contributed by atoms with Crippen LogP contribution in [0, 0.1) is 0 Å². The van der Waals surface area contributed by atoms with Gasteiger partial charge < -0.3 is 0 Å². The van der Waals surface area contributed by atoms with Crippen molar-refractivity contribution in [3.8, 4) is 0 Å². The molecular formula is C10H9NO4S. The Bertz CT molecular complexity index is 511. The molecule has 2 rings (SSSR count). The van der Waals surface area contributed by atoms with Crippen LogP contribution in [0.4, 0.5) is 5.69 Å². The lowest BCUT2D eigenvalue weighted by atomic mass is 10.3. The van der Waals surface area contributed by atoms with Crippen LogP contribution in [0.3, 0.4) is 0 Å². The summed E-state index contributed by atoms with van der Waals surface area (Å²) in [6, 6.07) is 5.98. The summed E-state index contributed by atoms with van der Waals surface area (Å²) in [4.78, 5) is 23.9. The summed E-state index contributed by atoms with van der Waals surface area (Å²) in [5, 5.41) is 0. The molecule has 0 aliphatic carbocycles. The summed E-state index contributed by atoms with van der Waals surface area (Å²) in [6.45, 7) is 0. The number of benzene rings is 1. The highest BCUT2D eigenvalue weighted by Crippen LogP contribution is 2.26. The van der Waals surface area contributed by atoms with Crippen molar-refractivity contribution >= 4 is 28.2 Å². The van der Waals surface area contributed by atoms with Crippen LogP contribution in [-0.2, 0) is 20.3 Å². The van der Waals surface area contributed by atoms with Gasteiger partial charge in [0.25, 0.3) is 0 Å². The van der Waals surface area contributed by atoms with Crippen LogP contribution < -0.4 is 4.90 Å². The summed E-state index contributed by atoms with van der Waals surface area (Å²) in [7, 11) is -2.82. The molecule has 1 aromatic carbocycles. The summed E-state index contributed by atoms with van der Waals surface area (Å²) in [5.74, 6) is -0.705. The minimum Gasteiger partial charge on any atom is -0.274 e. The van der Waals surface area contributed by atoms with Crippen LogP contribution in [0.25, 0.3) is 0 Å². The molecule has 2 amide bonds. The van der Waals surface area contributed by atoms with Gasteiger partial charge in [0.15, 0.2) is 10.7 Å². The standard InChI is InChI=1S/C10H9NO4S/c12-9-5-6-10(13)11(9)7-3-1-2-4-8(7)16(14)15/h1-4,16H,5-6H2. The van der Waals surface area contributed by atoms with E-state index in [1.165, 1.54) is 12.1 Å². The minimum absolute atomic E-state index is 0.00102. The largest absolute Gasteiger partial charge is 0.274 e. The molecule has 1 aliphatic heterocycles. The molecule has 0 atom stereocenters. The Balaban J connectivity index is 2.55. The van der Waals surface area contributed by atoms with Crippen LogP contribution in [0.5, 0.6) is 0 Å². The fourth-order valence-electron chi connectivity index (χ4n) is 1.65. The van der Waals surface area contributed by atoms with Crippen LogP contribution in [0.15, 0.2) is 29.2 Å². The molecule has 84 valence electrons. The zero-order valence-corrected chi connectivity index (χ0v) is 9.15. The molecule has 0 aromatic heterocycles. The molecule has 6 heteroatoms. The van der Waals surface area contributed by atoms with Gasteiger partial charge in [-0.2, -0.15) is 0 Å². The van der Waals surface area contributed by atoms with Crippen molar-refractivity contribution < 1.29 is 18.0 Å². The molecule has 1 aromatic rings. The maximum Gasteiger partial charge on any atom is 0.234 e. The van der Waals surface area contributed by atoms with Gasteiger partial charge in [-0.15, -0.1) is 0 Å². The highest BCUT2D eigenvalue weighted by Gasteiger charge is 2.31. The van der Waals surface area contributed by atoms with E-state index in [0.29, 0.717) is 0 Å². The maximum atomic E-state index is 11.5. The first-order chi connectivity index (χ1) is 7.61. The first-order valence-corrected chi connectivity index (χ1v) is 5.88. The lowest BCUT2D eigenvalue weighted by Crippen LogP contribution is -2.29. The zero-order valence-electron chi connectivity index (χ0n) is 8.25. The van der Waals surface area contributed by atoms with E-state index in [9.17, 15) is 18.0 Å². The van der Waals surface area contributed by atoms with Crippen molar-refractivity contribution in [3.63, 3.8) is 0 Å². The normalized spacial score (nSPS) is 16.2. The number of hydrogen-bond donors (Lipinski definition) is 1.